The first kappa shape index (κ1) is 20.1. The van der Waals surface area contributed by atoms with E-state index in [2.05, 4.69) is 10.1 Å². The minimum Gasteiger partial charge on any atom is -0.507 e. The van der Waals surface area contributed by atoms with Crippen LogP contribution < -0.4 is 0 Å². The molecule has 1 N–H and O–H groups in total. The monoisotopic (exact) mass is 409 g/mol. The molecule has 0 bridgehead atoms. The number of halogens is 1. The van der Waals surface area contributed by atoms with E-state index in [1.807, 2.05) is 19.9 Å². The lowest BCUT2D eigenvalue weighted by Crippen LogP contribution is -2.39. The highest BCUT2D eigenvalue weighted by atomic mass is 19.1. The highest BCUT2D eigenvalue weighted by Gasteiger charge is 2.30. The molecule has 1 fully saturated rings. The van der Waals surface area contributed by atoms with Crippen LogP contribution in [-0.4, -0.2) is 39.1 Å². The van der Waals surface area contributed by atoms with Gasteiger partial charge in [0.15, 0.2) is 0 Å². The van der Waals surface area contributed by atoms with Gasteiger partial charge in [0, 0.05) is 18.7 Å². The second kappa shape index (κ2) is 8.26. The Morgan fingerprint density at radius 3 is 2.83 bits per heavy atom. The van der Waals surface area contributed by atoms with Crippen molar-refractivity contribution in [3.05, 3.63) is 65.3 Å². The van der Waals surface area contributed by atoms with Crippen LogP contribution in [0, 0.1) is 5.82 Å². The molecule has 0 spiro atoms. The van der Waals surface area contributed by atoms with Crippen LogP contribution in [0.1, 0.15) is 60.3 Å². The number of phenols is 1. The summed E-state index contributed by atoms with van der Waals surface area (Å²) in [4.78, 5) is 19.1. The Morgan fingerprint density at radius 2 is 2.10 bits per heavy atom. The molecule has 1 aliphatic rings. The third kappa shape index (κ3) is 4.06. The number of likely N-dealkylation sites (tertiary alicyclic amines) is 1. The van der Waals surface area contributed by atoms with Gasteiger partial charge in [-0.05, 0) is 48.6 Å². The Bertz CT molecular complexity index is 1060. The highest BCUT2D eigenvalue weighted by molar-refractivity contribution is 5.97. The molecule has 156 valence electrons. The van der Waals surface area contributed by atoms with Crippen LogP contribution in [0.4, 0.5) is 4.39 Å². The van der Waals surface area contributed by atoms with Gasteiger partial charge in [-0.1, -0.05) is 37.2 Å². The van der Waals surface area contributed by atoms with Gasteiger partial charge in [-0.15, -0.1) is 0 Å². The fourth-order valence-electron chi connectivity index (χ4n) is 3.77. The predicted molar refractivity (Wildman–Crippen MR) is 110 cm³/mol. The first-order valence-electron chi connectivity index (χ1n) is 10.1. The van der Waals surface area contributed by atoms with Crippen molar-refractivity contribution in [1.29, 1.82) is 0 Å². The van der Waals surface area contributed by atoms with E-state index in [1.165, 1.54) is 12.1 Å². The summed E-state index contributed by atoms with van der Waals surface area (Å²) in [6.45, 7) is 5.10. The summed E-state index contributed by atoms with van der Waals surface area (Å²) in [6.07, 6.45) is 1.60. The average Bonchev–Trinajstić information content (AvgIpc) is 3.24. The molecule has 0 radical (unpaired) electrons. The van der Waals surface area contributed by atoms with Gasteiger partial charge in [-0.2, -0.15) is 4.98 Å². The molecule has 1 unspecified atom stereocenters. The number of rotatable bonds is 4. The fraction of sp³-hybridized carbons (Fsp3) is 0.348. The maximum absolute atomic E-state index is 13.5. The number of piperidine rings is 1. The van der Waals surface area contributed by atoms with E-state index in [0.29, 0.717) is 35.9 Å². The van der Waals surface area contributed by atoms with E-state index in [-0.39, 0.29) is 29.3 Å². The third-order valence-corrected chi connectivity index (χ3v) is 5.50. The molecule has 1 saturated heterocycles. The van der Waals surface area contributed by atoms with Crippen molar-refractivity contribution >= 4 is 5.91 Å². The topological polar surface area (TPSA) is 79.5 Å². The van der Waals surface area contributed by atoms with Crippen molar-refractivity contribution in [2.24, 2.45) is 0 Å². The third-order valence-electron chi connectivity index (χ3n) is 5.50. The van der Waals surface area contributed by atoms with Crippen molar-refractivity contribution in [2.75, 3.05) is 13.1 Å². The zero-order chi connectivity index (χ0) is 21.3. The van der Waals surface area contributed by atoms with Gasteiger partial charge in [0.1, 0.15) is 11.6 Å². The molecular weight excluding hydrogens is 385 g/mol. The summed E-state index contributed by atoms with van der Waals surface area (Å²) in [5.74, 6) is 0.355. The molecule has 30 heavy (non-hydrogen) atoms. The van der Waals surface area contributed by atoms with Gasteiger partial charge >= 0.3 is 0 Å². The van der Waals surface area contributed by atoms with Gasteiger partial charge in [-0.25, -0.2) is 4.39 Å². The highest BCUT2D eigenvalue weighted by Crippen LogP contribution is 2.30. The Kier molecular flexibility index (Phi) is 5.53. The van der Waals surface area contributed by atoms with Gasteiger partial charge in [-0.3, -0.25) is 4.79 Å². The number of phenolic OH excluding ortho intramolecular Hbond substituents is 1. The van der Waals surface area contributed by atoms with Gasteiger partial charge < -0.3 is 14.5 Å². The standard InChI is InChI=1S/C23H24FN3O3/c1-14(2)15-8-9-19(20(28)12-15)23(29)27-10-4-6-17(13-27)22-25-21(26-30-22)16-5-3-7-18(24)11-16/h3,5,7-9,11-12,14,17,28H,4,6,10,13H2,1-2H3. The number of hydrogen-bond donors (Lipinski definition) is 1. The first-order valence-corrected chi connectivity index (χ1v) is 10.1. The molecule has 1 aromatic heterocycles. The number of carbonyl (C=O) groups is 1. The zero-order valence-electron chi connectivity index (χ0n) is 17.0. The van der Waals surface area contributed by atoms with E-state index in [9.17, 15) is 14.3 Å². The minimum atomic E-state index is -0.364. The molecule has 1 atom stereocenters. The van der Waals surface area contributed by atoms with Gasteiger partial charge in [0.25, 0.3) is 5.91 Å². The quantitative estimate of drug-likeness (QED) is 0.674. The molecule has 2 aromatic carbocycles. The number of aromatic nitrogens is 2. The van der Waals surface area contributed by atoms with Crippen molar-refractivity contribution in [3.8, 4) is 17.1 Å². The number of carbonyl (C=O) groups excluding carboxylic acids is 1. The number of hydrogen-bond acceptors (Lipinski definition) is 5. The van der Waals surface area contributed by atoms with E-state index >= 15 is 0 Å². The fourth-order valence-corrected chi connectivity index (χ4v) is 3.77. The summed E-state index contributed by atoms with van der Waals surface area (Å²) in [7, 11) is 0. The maximum Gasteiger partial charge on any atom is 0.257 e. The lowest BCUT2D eigenvalue weighted by atomic mass is 9.96. The molecule has 3 aromatic rings. The molecule has 1 amide bonds. The maximum atomic E-state index is 13.5. The summed E-state index contributed by atoms with van der Waals surface area (Å²) in [5.41, 5.74) is 1.83. The van der Waals surface area contributed by atoms with Crippen LogP contribution in [-0.2, 0) is 0 Å². The second-order valence-electron chi connectivity index (χ2n) is 7.99. The first-order chi connectivity index (χ1) is 14.4. The number of nitrogens with zero attached hydrogens (tertiary/aromatic N) is 3. The molecule has 1 aliphatic heterocycles. The largest absolute Gasteiger partial charge is 0.507 e. The number of aromatic hydroxyl groups is 1. The zero-order valence-corrected chi connectivity index (χ0v) is 17.0. The van der Waals surface area contributed by atoms with E-state index in [1.54, 1.807) is 29.2 Å². The van der Waals surface area contributed by atoms with Crippen LogP contribution in [0.5, 0.6) is 5.75 Å². The number of benzene rings is 2. The molecule has 0 saturated carbocycles. The summed E-state index contributed by atoms with van der Waals surface area (Å²) in [5, 5.41) is 14.3. The van der Waals surface area contributed by atoms with Crippen LogP contribution in [0.25, 0.3) is 11.4 Å². The van der Waals surface area contributed by atoms with Crippen molar-refractivity contribution < 1.29 is 18.8 Å². The SMILES string of the molecule is CC(C)c1ccc(C(=O)N2CCCC(c3nc(-c4cccc(F)c4)no3)C2)c(O)c1. The van der Waals surface area contributed by atoms with Gasteiger partial charge in [0.2, 0.25) is 11.7 Å². The van der Waals surface area contributed by atoms with Crippen LogP contribution in [0.15, 0.2) is 47.0 Å². The Hall–Kier alpha value is -3.22. The Balaban J connectivity index is 1.50. The lowest BCUT2D eigenvalue weighted by molar-refractivity contribution is 0.0692. The van der Waals surface area contributed by atoms with Crippen LogP contribution in [0.3, 0.4) is 0 Å². The predicted octanol–water partition coefficient (Wildman–Crippen LogP) is 4.72. The van der Waals surface area contributed by atoms with Crippen molar-refractivity contribution in [2.45, 2.75) is 38.5 Å². The molecule has 2 heterocycles. The lowest BCUT2D eigenvalue weighted by Gasteiger charge is -2.31. The second-order valence-corrected chi connectivity index (χ2v) is 7.99. The average molecular weight is 409 g/mol. The van der Waals surface area contributed by atoms with Gasteiger partial charge in [0.05, 0.1) is 11.5 Å². The van der Waals surface area contributed by atoms with Crippen LogP contribution in [0.2, 0.25) is 0 Å². The molecule has 0 aliphatic carbocycles. The summed E-state index contributed by atoms with van der Waals surface area (Å²) < 4.78 is 18.9. The molecule has 4 rings (SSSR count). The van der Waals surface area contributed by atoms with E-state index in [0.717, 1.165) is 18.4 Å². The summed E-state index contributed by atoms with van der Waals surface area (Å²) in [6, 6.07) is 11.3. The number of amides is 1. The summed E-state index contributed by atoms with van der Waals surface area (Å²) >= 11 is 0. The minimum absolute atomic E-state index is 0.000459. The Morgan fingerprint density at radius 1 is 1.27 bits per heavy atom. The molecular formula is C23H24FN3O3. The smallest absolute Gasteiger partial charge is 0.257 e. The van der Waals surface area contributed by atoms with E-state index < -0.39 is 0 Å². The molecule has 7 heteroatoms. The van der Waals surface area contributed by atoms with Crippen LogP contribution >= 0.6 is 0 Å². The van der Waals surface area contributed by atoms with Crippen molar-refractivity contribution in [1.82, 2.24) is 15.0 Å². The Labute approximate surface area is 174 Å². The molecule has 6 nitrogen and oxygen atoms in total. The van der Waals surface area contributed by atoms with Crippen molar-refractivity contribution in [3.63, 3.8) is 0 Å². The normalized spacial score (nSPS) is 16.8. The van der Waals surface area contributed by atoms with E-state index in [4.69, 9.17) is 4.52 Å².